The quantitative estimate of drug-likeness (QED) is 0.843. The summed E-state index contributed by atoms with van der Waals surface area (Å²) >= 11 is 3.44. The molecule has 0 fully saturated rings. The molecule has 0 bridgehead atoms. The number of carbonyl (C=O) groups is 1. The van der Waals surface area contributed by atoms with Crippen LogP contribution in [0.25, 0.3) is 0 Å². The average molecular weight is 299 g/mol. The van der Waals surface area contributed by atoms with E-state index in [9.17, 15) is 9.90 Å². The van der Waals surface area contributed by atoms with Crippen LogP contribution >= 0.6 is 15.9 Å². The van der Waals surface area contributed by atoms with E-state index < -0.39 is 11.9 Å². The van der Waals surface area contributed by atoms with Crippen LogP contribution in [-0.4, -0.2) is 11.1 Å². The molecular weight excluding hydrogens is 280 g/mol. The fourth-order valence-corrected chi connectivity index (χ4v) is 2.63. The average Bonchev–Trinajstić information content (AvgIpc) is 2.32. The van der Waals surface area contributed by atoms with Gasteiger partial charge in [-0.2, -0.15) is 0 Å². The van der Waals surface area contributed by atoms with Gasteiger partial charge in [-0.25, -0.2) is 0 Å². The zero-order valence-electron chi connectivity index (χ0n) is 10.3. The second kappa shape index (κ2) is 6.80. The fraction of sp³-hybridized carbons (Fsp3) is 0.500. The predicted octanol–water partition coefficient (Wildman–Crippen LogP) is 4.44. The van der Waals surface area contributed by atoms with Crippen LogP contribution in [0, 0.1) is 5.92 Å². The molecule has 1 aromatic rings. The summed E-state index contributed by atoms with van der Waals surface area (Å²) in [6.07, 6.45) is 2.78. The molecule has 0 radical (unpaired) electrons. The number of rotatable bonds is 6. The third-order valence-corrected chi connectivity index (χ3v) is 4.02. The standard InChI is InChI=1S/C14H19BrO2/c1-3-10(4-2)9-12(14(16)17)11-7-5-6-8-13(11)15/h5-8,10,12H,3-4,9H2,1-2H3,(H,16,17). The van der Waals surface area contributed by atoms with Gasteiger partial charge >= 0.3 is 5.97 Å². The zero-order valence-corrected chi connectivity index (χ0v) is 11.9. The summed E-state index contributed by atoms with van der Waals surface area (Å²) in [5.74, 6) is -0.664. The molecule has 0 aliphatic carbocycles. The Bertz CT molecular complexity index is 372. The molecule has 0 heterocycles. The molecule has 1 aromatic carbocycles. The predicted molar refractivity (Wildman–Crippen MR) is 73.2 cm³/mol. The minimum atomic E-state index is -0.733. The van der Waals surface area contributed by atoms with E-state index in [1.807, 2.05) is 24.3 Å². The number of carboxylic acids is 1. The smallest absolute Gasteiger partial charge is 0.311 e. The topological polar surface area (TPSA) is 37.3 Å². The molecule has 2 nitrogen and oxygen atoms in total. The van der Waals surface area contributed by atoms with E-state index in [-0.39, 0.29) is 0 Å². The van der Waals surface area contributed by atoms with E-state index in [4.69, 9.17) is 0 Å². The van der Waals surface area contributed by atoms with Gasteiger partial charge in [0.2, 0.25) is 0 Å². The lowest BCUT2D eigenvalue weighted by Gasteiger charge is -2.19. The number of carboxylic acid groups (broad SMARTS) is 1. The van der Waals surface area contributed by atoms with Gasteiger partial charge < -0.3 is 5.11 Å². The van der Waals surface area contributed by atoms with Crippen LogP contribution in [0.2, 0.25) is 0 Å². The fourth-order valence-electron chi connectivity index (χ4n) is 2.07. The van der Waals surface area contributed by atoms with Crippen molar-refractivity contribution in [3.05, 3.63) is 34.3 Å². The van der Waals surface area contributed by atoms with Gasteiger partial charge in [0.1, 0.15) is 0 Å². The van der Waals surface area contributed by atoms with Crippen molar-refractivity contribution in [2.45, 2.75) is 39.0 Å². The summed E-state index contributed by atoms with van der Waals surface area (Å²) in [5, 5.41) is 9.37. The van der Waals surface area contributed by atoms with Crippen LogP contribution in [0.15, 0.2) is 28.7 Å². The van der Waals surface area contributed by atoms with Crippen molar-refractivity contribution in [2.75, 3.05) is 0 Å². The van der Waals surface area contributed by atoms with Gasteiger partial charge in [-0.15, -0.1) is 0 Å². The number of aliphatic carboxylic acids is 1. The Morgan fingerprint density at radius 1 is 1.29 bits per heavy atom. The lowest BCUT2D eigenvalue weighted by atomic mass is 9.86. The highest BCUT2D eigenvalue weighted by Crippen LogP contribution is 2.32. The third kappa shape index (κ3) is 3.84. The maximum absolute atomic E-state index is 11.4. The summed E-state index contributed by atoms with van der Waals surface area (Å²) < 4.78 is 0.887. The maximum atomic E-state index is 11.4. The second-order valence-electron chi connectivity index (χ2n) is 4.33. The van der Waals surface area contributed by atoms with Gasteiger partial charge in [0.05, 0.1) is 5.92 Å². The minimum Gasteiger partial charge on any atom is -0.481 e. The van der Waals surface area contributed by atoms with E-state index in [2.05, 4.69) is 29.8 Å². The van der Waals surface area contributed by atoms with Crippen molar-refractivity contribution in [3.63, 3.8) is 0 Å². The molecule has 0 aliphatic rings. The molecule has 0 amide bonds. The Morgan fingerprint density at radius 3 is 2.35 bits per heavy atom. The number of hydrogen-bond acceptors (Lipinski definition) is 1. The van der Waals surface area contributed by atoms with E-state index in [1.165, 1.54) is 0 Å². The van der Waals surface area contributed by atoms with E-state index in [0.29, 0.717) is 12.3 Å². The lowest BCUT2D eigenvalue weighted by Crippen LogP contribution is -2.16. The molecule has 0 spiro atoms. The highest BCUT2D eigenvalue weighted by Gasteiger charge is 2.24. The highest BCUT2D eigenvalue weighted by molar-refractivity contribution is 9.10. The first kappa shape index (κ1) is 14.2. The van der Waals surface area contributed by atoms with Crippen molar-refractivity contribution in [3.8, 4) is 0 Å². The molecule has 94 valence electrons. The van der Waals surface area contributed by atoms with E-state index in [0.717, 1.165) is 22.9 Å². The lowest BCUT2D eigenvalue weighted by molar-refractivity contribution is -0.139. The Hall–Kier alpha value is -0.830. The molecule has 17 heavy (non-hydrogen) atoms. The SMILES string of the molecule is CCC(CC)CC(C(=O)O)c1ccccc1Br. The molecule has 0 saturated heterocycles. The summed E-state index contributed by atoms with van der Waals surface area (Å²) in [6, 6.07) is 7.59. The van der Waals surface area contributed by atoms with Gasteiger partial charge in [-0.3, -0.25) is 4.79 Å². The normalized spacial score (nSPS) is 12.7. The molecule has 1 N–H and O–H groups in total. The molecule has 1 rings (SSSR count). The van der Waals surface area contributed by atoms with Crippen LogP contribution in [0.1, 0.15) is 44.6 Å². The molecule has 0 aliphatic heterocycles. The van der Waals surface area contributed by atoms with Crippen molar-refractivity contribution < 1.29 is 9.90 Å². The second-order valence-corrected chi connectivity index (χ2v) is 5.18. The van der Waals surface area contributed by atoms with E-state index >= 15 is 0 Å². The largest absolute Gasteiger partial charge is 0.481 e. The first-order valence-corrected chi connectivity index (χ1v) is 6.86. The van der Waals surface area contributed by atoms with Crippen LogP contribution in [-0.2, 0) is 4.79 Å². The van der Waals surface area contributed by atoms with Gasteiger partial charge in [-0.05, 0) is 24.0 Å². The van der Waals surface area contributed by atoms with Crippen molar-refractivity contribution in [1.82, 2.24) is 0 Å². The third-order valence-electron chi connectivity index (χ3n) is 3.30. The van der Waals surface area contributed by atoms with Crippen LogP contribution in [0.3, 0.4) is 0 Å². The Balaban J connectivity index is 2.94. The summed E-state index contributed by atoms with van der Waals surface area (Å²) in [5.41, 5.74) is 0.881. The van der Waals surface area contributed by atoms with Crippen LogP contribution < -0.4 is 0 Å². The Morgan fingerprint density at radius 2 is 1.88 bits per heavy atom. The Kier molecular flexibility index (Phi) is 5.69. The number of benzene rings is 1. The number of halogens is 1. The monoisotopic (exact) mass is 298 g/mol. The summed E-state index contributed by atoms with van der Waals surface area (Å²) in [7, 11) is 0. The first-order valence-electron chi connectivity index (χ1n) is 6.07. The molecule has 3 heteroatoms. The summed E-state index contributed by atoms with van der Waals surface area (Å²) in [4.78, 5) is 11.4. The maximum Gasteiger partial charge on any atom is 0.311 e. The van der Waals surface area contributed by atoms with E-state index in [1.54, 1.807) is 0 Å². The zero-order chi connectivity index (χ0) is 12.8. The van der Waals surface area contributed by atoms with Gasteiger partial charge in [0, 0.05) is 4.47 Å². The van der Waals surface area contributed by atoms with Crippen molar-refractivity contribution >= 4 is 21.9 Å². The highest BCUT2D eigenvalue weighted by atomic mass is 79.9. The molecule has 1 unspecified atom stereocenters. The van der Waals surface area contributed by atoms with Crippen molar-refractivity contribution in [2.24, 2.45) is 5.92 Å². The molecule has 0 aromatic heterocycles. The van der Waals surface area contributed by atoms with Gasteiger partial charge in [-0.1, -0.05) is 60.8 Å². The minimum absolute atomic E-state index is 0.407. The summed E-state index contributed by atoms with van der Waals surface area (Å²) in [6.45, 7) is 4.24. The van der Waals surface area contributed by atoms with Crippen LogP contribution in [0.5, 0.6) is 0 Å². The van der Waals surface area contributed by atoms with Gasteiger partial charge in [0.15, 0.2) is 0 Å². The molecule has 0 saturated carbocycles. The Labute approximate surface area is 111 Å². The van der Waals surface area contributed by atoms with Crippen LogP contribution in [0.4, 0.5) is 0 Å². The molecule has 1 atom stereocenters. The number of hydrogen-bond donors (Lipinski definition) is 1. The first-order chi connectivity index (χ1) is 8.10. The van der Waals surface area contributed by atoms with Crippen molar-refractivity contribution in [1.29, 1.82) is 0 Å². The molecular formula is C14H19BrO2. The van der Waals surface area contributed by atoms with Gasteiger partial charge in [0.25, 0.3) is 0 Å².